The molecule has 1 saturated heterocycles. The molecule has 7 heteroatoms. The highest BCUT2D eigenvalue weighted by Gasteiger charge is 2.43. The van der Waals surface area contributed by atoms with Crippen LogP contribution >= 0.6 is 11.6 Å². The van der Waals surface area contributed by atoms with Crippen molar-refractivity contribution in [2.75, 3.05) is 6.61 Å². The summed E-state index contributed by atoms with van der Waals surface area (Å²) in [5.74, 6) is 0. The van der Waals surface area contributed by atoms with Crippen LogP contribution in [0, 0.1) is 0 Å². The number of aliphatic hydroxyl groups is 4. The van der Waals surface area contributed by atoms with E-state index in [-0.39, 0.29) is 0 Å². The highest BCUT2D eigenvalue weighted by Crippen LogP contribution is 2.20. The van der Waals surface area contributed by atoms with E-state index in [9.17, 15) is 15.3 Å². The molecule has 1 fully saturated rings. The monoisotopic (exact) mass is 303 g/mol. The van der Waals surface area contributed by atoms with E-state index in [0.717, 1.165) is 5.56 Å². The van der Waals surface area contributed by atoms with Crippen molar-refractivity contribution in [2.24, 2.45) is 0 Å². The van der Waals surface area contributed by atoms with Crippen molar-refractivity contribution in [1.82, 2.24) is 5.32 Å². The van der Waals surface area contributed by atoms with Gasteiger partial charge in [0, 0.05) is 11.6 Å². The lowest BCUT2D eigenvalue weighted by Gasteiger charge is -2.40. The van der Waals surface area contributed by atoms with E-state index in [2.05, 4.69) is 5.32 Å². The van der Waals surface area contributed by atoms with Gasteiger partial charge < -0.3 is 25.2 Å². The fourth-order valence-corrected chi connectivity index (χ4v) is 2.22. The molecule has 1 heterocycles. The average Bonchev–Trinajstić information content (AvgIpc) is 2.46. The molecule has 20 heavy (non-hydrogen) atoms. The summed E-state index contributed by atoms with van der Waals surface area (Å²) in [6.45, 7) is -0.0517. The lowest BCUT2D eigenvalue weighted by molar-refractivity contribution is -0.236. The summed E-state index contributed by atoms with van der Waals surface area (Å²) in [7, 11) is 0. The normalized spacial score (nSPS) is 34.1. The van der Waals surface area contributed by atoms with Crippen LogP contribution in [0.4, 0.5) is 0 Å². The van der Waals surface area contributed by atoms with Crippen LogP contribution in [0.3, 0.4) is 0 Å². The molecule has 1 aromatic rings. The molecule has 6 nitrogen and oxygen atoms in total. The lowest BCUT2D eigenvalue weighted by Crippen LogP contribution is -2.62. The van der Waals surface area contributed by atoms with E-state index in [4.69, 9.17) is 21.4 Å². The summed E-state index contributed by atoms with van der Waals surface area (Å²) < 4.78 is 5.33. The number of hydrogen-bond donors (Lipinski definition) is 5. The maximum atomic E-state index is 9.84. The lowest BCUT2D eigenvalue weighted by atomic mass is 9.98. The molecular formula is C13H18ClNO5. The SMILES string of the molecule is OCC1O[C@@H](NCc2ccc(Cl)cc2)C(O)C(O)[C@@H]1O. The molecule has 1 aromatic carbocycles. The van der Waals surface area contributed by atoms with Crippen LogP contribution in [-0.4, -0.2) is 57.7 Å². The topological polar surface area (TPSA) is 102 Å². The van der Waals surface area contributed by atoms with Crippen molar-refractivity contribution in [3.63, 3.8) is 0 Å². The summed E-state index contributed by atoms with van der Waals surface area (Å²) in [6, 6.07) is 7.12. The third-order valence-electron chi connectivity index (χ3n) is 3.31. The zero-order valence-electron chi connectivity index (χ0n) is 10.7. The first-order valence-electron chi connectivity index (χ1n) is 6.31. The van der Waals surface area contributed by atoms with E-state index >= 15 is 0 Å². The van der Waals surface area contributed by atoms with Crippen LogP contribution in [0.1, 0.15) is 5.56 Å². The van der Waals surface area contributed by atoms with Gasteiger partial charge in [0.05, 0.1) is 6.61 Å². The number of rotatable bonds is 4. The van der Waals surface area contributed by atoms with Gasteiger partial charge >= 0.3 is 0 Å². The van der Waals surface area contributed by atoms with E-state index < -0.39 is 37.3 Å². The summed E-state index contributed by atoms with van der Waals surface area (Å²) >= 11 is 5.78. The fourth-order valence-electron chi connectivity index (χ4n) is 2.09. The smallest absolute Gasteiger partial charge is 0.137 e. The number of aliphatic hydroxyl groups excluding tert-OH is 4. The van der Waals surface area contributed by atoms with Gasteiger partial charge in [0.1, 0.15) is 30.6 Å². The number of ether oxygens (including phenoxy) is 1. The van der Waals surface area contributed by atoms with Gasteiger partial charge in [-0.25, -0.2) is 0 Å². The maximum absolute atomic E-state index is 9.84. The molecule has 5 N–H and O–H groups in total. The molecule has 0 bridgehead atoms. The second-order valence-electron chi connectivity index (χ2n) is 4.76. The molecule has 0 saturated carbocycles. The minimum absolute atomic E-state index is 0.389. The quantitative estimate of drug-likeness (QED) is 0.501. The molecule has 5 atom stereocenters. The predicted molar refractivity (Wildman–Crippen MR) is 72.1 cm³/mol. The molecule has 0 spiro atoms. The van der Waals surface area contributed by atoms with Crippen molar-refractivity contribution in [1.29, 1.82) is 0 Å². The van der Waals surface area contributed by atoms with Crippen LogP contribution in [0.15, 0.2) is 24.3 Å². The third-order valence-corrected chi connectivity index (χ3v) is 3.56. The Hall–Kier alpha value is -0.730. The summed E-state index contributed by atoms with van der Waals surface area (Å²) in [4.78, 5) is 0. The first-order chi connectivity index (χ1) is 9.52. The molecule has 1 aliphatic rings. The van der Waals surface area contributed by atoms with Gasteiger partial charge in [-0.2, -0.15) is 0 Å². The molecule has 112 valence electrons. The van der Waals surface area contributed by atoms with Gasteiger partial charge in [0.2, 0.25) is 0 Å². The number of halogens is 1. The summed E-state index contributed by atoms with van der Waals surface area (Å²) in [5, 5.41) is 41.8. The number of benzene rings is 1. The van der Waals surface area contributed by atoms with Crippen molar-refractivity contribution in [3.05, 3.63) is 34.9 Å². The van der Waals surface area contributed by atoms with Crippen molar-refractivity contribution in [2.45, 2.75) is 37.2 Å². The van der Waals surface area contributed by atoms with E-state index in [1.165, 1.54) is 0 Å². The first kappa shape index (κ1) is 15.7. The van der Waals surface area contributed by atoms with Crippen LogP contribution in [-0.2, 0) is 11.3 Å². The molecule has 0 aliphatic carbocycles. The zero-order chi connectivity index (χ0) is 14.7. The molecule has 1 aliphatic heterocycles. The van der Waals surface area contributed by atoms with Gasteiger partial charge in [-0.15, -0.1) is 0 Å². The Bertz CT molecular complexity index is 427. The number of hydrogen-bond acceptors (Lipinski definition) is 6. The van der Waals surface area contributed by atoms with Crippen molar-refractivity contribution in [3.8, 4) is 0 Å². The van der Waals surface area contributed by atoms with E-state index in [0.29, 0.717) is 11.6 Å². The van der Waals surface area contributed by atoms with Crippen molar-refractivity contribution < 1.29 is 25.2 Å². The van der Waals surface area contributed by atoms with Gasteiger partial charge in [-0.3, -0.25) is 5.32 Å². The Morgan fingerprint density at radius 3 is 2.30 bits per heavy atom. The van der Waals surface area contributed by atoms with Crippen LogP contribution in [0.25, 0.3) is 0 Å². The summed E-state index contributed by atoms with van der Waals surface area (Å²) in [6.07, 6.45) is -5.77. The highest BCUT2D eigenvalue weighted by molar-refractivity contribution is 6.30. The molecule has 3 unspecified atom stereocenters. The Morgan fingerprint density at radius 2 is 1.70 bits per heavy atom. The highest BCUT2D eigenvalue weighted by atomic mass is 35.5. The van der Waals surface area contributed by atoms with Gasteiger partial charge in [0.15, 0.2) is 0 Å². The standard InChI is InChI=1S/C13H18ClNO5/c14-8-3-1-7(2-4-8)5-15-13-12(19)11(18)10(17)9(6-16)20-13/h1-4,9-13,15-19H,5-6H2/t9?,10-,11?,12?,13-/m1/s1. The predicted octanol–water partition coefficient (Wildman–Crippen LogP) is -0.771. The van der Waals surface area contributed by atoms with Crippen LogP contribution in [0.5, 0.6) is 0 Å². The largest absolute Gasteiger partial charge is 0.394 e. The fraction of sp³-hybridized carbons (Fsp3) is 0.538. The Labute approximate surface area is 121 Å². The van der Waals surface area contributed by atoms with E-state index in [1.807, 2.05) is 12.1 Å². The van der Waals surface area contributed by atoms with Gasteiger partial charge in [-0.1, -0.05) is 23.7 Å². The summed E-state index contributed by atoms with van der Waals surface area (Å²) in [5.41, 5.74) is 0.923. The second-order valence-corrected chi connectivity index (χ2v) is 5.19. The molecule has 2 rings (SSSR count). The Morgan fingerprint density at radius 1 is 1.05 bits per heavy atom. The number of nitrogens with one attached hydrogen (secondary N) is 1. The Balaban J connectivity index is 1.95. The maximum Gasteiger partial charge on any atom is 0.137 e. The van der Waals surface area contributed by atoms with Gasteiger partial charge in [-0.05, 0) is 17.7 Å². The molecule has 0 amide bonds. The second kappa shape index (κ2) is 6.82. The third kappa shape index (κ3) is 3.48. The van der Waals surface area contributed by atoms with Crippen molar-refractivity contribution >= 4 is 11.6 Å². The average molecular weight is 304 g/mol. The van der Waals surface area contributed by atoms with E-state index in [1.54, 1.807) is 12.1 Å². The van der Waals surface area contributed by atoms with Gasteiger partial charge in [0.25, 0.3) is 0 Å². The first-order valence-corrected chi connectivity index (χ1v) is 6.69. The Kier molecular flexibility index (Phi) is 5.34. The molecular weight excluding hydrogens is 286 g/mol. The minimum atomic E-state index is -1.37. The minimum Gasteiger partial charge on any atom is -0.394 e. The molecule has 0 aromatic heterocycles. The molecule has 0 radical (unpaired) electrons. The van der Waals surface area contributed by atoms with Crippen LogP contribution < -0.4 is 5.32 Å². The zero-order valence-corrected chi connectivity index (χ0v) is 11.4. The van der Waals surface area contributed by atoms with Crippen LogP contribution in [0.2, 0.25) is 5.02 Å².